The van der Waals surface area contributed by atoms with Crippen LogP contribution >= 0.6 is 0 Å². The van der Waals surface area contributed by atoms with Gasteiger partial charge < -0.3 is 5.32 Å². The average molecular weight is 599 g/mol. The second-order valence-electron chi connectivity index (χ2n) is 7.27. The van der Waals surface area contributed by atoms with Gasteiger partial charge in [-0.15, -0.1) is 0 Å². The first-order valence-corrected chi connectivity index (χ1v) is 8.97. The van der Waals surface area contributed by atoms with Gasteiger partial charge in [0.1, 0.15) is 0 Å². The summed E-state index contributed by atoms with van der Waals surface area (Å²) in [6.45, 7) is 2.38. The third-order valence-electron chi connectivity index (χ3n) is 4.28. The van der Waals surface area contributed by atoms with Crippen molar-refractivity contribution < 1.29 is 88.9 Å². The van der Waals surface area contributed by atoms with Crippen LogP contribution in [-0.2, 0) is 14.3 Å². The number of anilines is 1. The predicted molar refractivity (Wildman–Crippen MR) is 87.4 cm³/mol. The highest BCUT2D eigenvalue weighted by Gasteiger charge is 2.85. The van der Waals surface area contributed by atoms with Crippen LogP contribution in [0.15, 0.2) is 18.2 Å². The van der Waals surface area contributed by atoms with E-state index in [9.17, 15) is 79.4 Å². The van der Waals surface area contributed by atoms with Crippen LogP contribution in [0.3, 0.4) is 0 Å². The Morgan fingerprint density at radius 2 is 1.13 bits per heavy atom. The van der Waals surface area contributed by atoms with Gasteiger partial charge in [-0.3, -0.25) is 14.3 Å². The Hall–Kier alpha value is -2.58. The van der Waals surface area contributed by atoms with Crippen LogP contribution in [0.2, 0.25) is 0 Å². The number of halogens is 17. The summed E-state index contributed by atoms with van der Waals surface area (Å²) in [5, 5.41) is 0.936. The topological polar surface area (TPSA) is 47.6 Å². The Labute approximate surface area is 198 Å². The van der Waals surface area contributed by atoms with Crippen molar-refractivity contribution in [1.29, 1.82) is 0 Å². The summed E-state index contributed by atoms with van der Waals surface area (Å²) < 4.78 is 227. The molecule has 1 rings (SSSR count). The molecule has 220 valence electrons. The summed E-state index contributed by atoms with van der Waals surface area (Å²) >= 11 is 0. The van der Waals surface area contributed by atoms with Crippen LogP contribution in [0.4, 0.5) is 80.3 Å². The van der Waals surface area contributed by atoms with Crippen molar-refractivity contribution >= 4 is 11.6 Å². The second kappa shape index (κ2) is 9.56. The number of carbonyl (C=O) groups excluding carboxylic acids is 1. The van der Waals surface area contributed by atoms with Crippen molar-refractivity contribution in [2.45, 2.75) is 62.2 Å². The molecule has 1 aromatic carbocycles. The zero-order chi connectivity index (χ0) is 30.6. The van der Waals surface area contributed by atoms with Gasteiger partial charge in [0.05, 0.1) is 0 Å². The van der Waals surface area contributed by atoms with E-state index in [1.807, 2.05) is 4.74 Å². The number of amides is 1. The van der Waals surface area contributed by atoms with Crippen molar-refractivity contribution in [3.8, 4) is 0 Å². The van der Waals surface area contributed by atoms with Gasteiger partial charge in [0, 0.05) is 5.69 Å². The quantitative estimate of drug-likeness (QED) is 0.324. The Bertz CT molecular complexity index is 1030. The van der Waals surface area contributed by atoms with E-state index < -0.39 is 60.0 Å². The number of benzene rings is 1. The molecular weight excluding hydrogens is 589 g/mol. The molecule has 1 amide bonds. The molecule has 0 unspecified atom stereocenters. The van der Waals surface area contributed by atoms with Gasteiger partial charge in [-0.25, -0.2) is 0 Å². The molecule has 0 radical (unpaired) electrons. The molecule has 2 atom stereocenters. The number of nitrogens with one attached hydrogen (secondary N) is 1. The molecule has 0 heterocycles. The van der Waals surface area contributed by atoms with E-state index in [1.165, 1.54) is 11.7 Å². The van der Waals surface area contributed by atoms with Crippen LogP contribution in [0.1, 0.15) is 11.1 Å². The summed E-state index contributed by atoms with van der Waals surface area (Å²) in [6.07, 6.45) is -38.6. The molecule has 0 aliphatic rings. The lowest BCUT2D eigenvalue weighted by molar-refractivity contribution is -0.548. The molecule has 0 spiro atoms. The highest BCUT2D eigenvalue weighted by Crippen LogP contribution is 2.56. The van der Waals surface area contributed by atoms with Gasteiger partial charge >= 0.3 is 48.4 Å². The van der Waals surface area contributed by atoms with Gasteiger partial charge in [-0.1, -0.05) is 17.7 Å². The van der Waals surface area contributed by atoms with Crippen molar-refractivity contribution in [3.05, 3.63) is 29.3 Å². The number of hydrogen-bond acceptors (Lipinski definition) is 3. The molecule has 0 fully saturated rings. The summed E-state index contributed by atoms with van der Waals surface area (Å²) in [6, 6.07) is 2.79. The second-order valence-corrected chi connectivity index (χ2v) is 7.27. The first kappa shape index (κ1) is 33.4. The van der Waals surface area contributed by atoms with E-state index in [1.54, 1.807) is 0 Å². The van der Waals surface area contributed by atoms with Crippen molar-refractivity contribution in [1.82, 2.24) is 0 Å². The highest BCUT2D eigenvalue weighted by molar-refractivity contribution is 5.97. The number of alkyl halides is 17. The molecule has 38 heavy (non-hydrogen) atoms. The first-order chi connectivity index (χ1) is 16.5. The van der Waals surface area contributed by atoms with E-state index in [4.69, 9.17) is 0 Å². The fourth-order valence-electron chi connectivity index (χ4n) is 2.32. The highest BCUT2D eigenvalue weighted by atomic mass is 19.4. The minimum atomic E-state index is -8.05. The number of rotatable bonds is 8. The Kier molecular flexibility index (Phi) is 8.41. The van der Waals surface area contributed by atoms with Gasteiger partial charge in [0.25, 0.3) is 5.91 Å². The Morgan fingerprint density at radius 3 is 1.50 bits per heavy atom. The van der Waals surface area contributed by atoms with Crippen LogP contribution < -0.4 is 5.32 Å². The predicted octanol–water partition coefficient (Wildman–Crippen LogP) is 7.11. The van der Waals surface area contributed by atoms with Crippen molar-refractivity contribution in [2.24, 2.45) is 0 Å². The van der Waals surface area contributed by atoms with E-state index in [0.717, 1.165) is 24.4 Å². The van der Waals surface area contributed by atoms with Crippen LogP contribution in [0, 0.1) is 13.8 Å². The SMILES string of the molecule is Cc1ccc(NC(=O)[C@@](F)(OC(F)(F)[C@](F)(OC(F)(F)C(F)(F)C(F)(F)F)C(F)(F)F)C(F)(F)F)c(C)c1. The summed E-state index contributed by atoms with van der Waals surface area (Å²) in [4.78, 5) is 11.8. The number of aryl methyl sites for hydroxylation is 2. The zero-order valence-corrected chi connectivity index (χ0v) is 17.9. The Morgan fingerprint density at radius 1 is 0.658 bits per heavy atom. The largest absolute Gasteiger partial charge is 0.462 e. The lowest BCUT2D eigenvalue weighted by Gasteiger charge is -2.40. The van der Waals surface area contributed by atoms with Gasteiger partial charge in [0.15, 0.2) is 0 Å². The molecule has 0 aromatic heterocycles. The average Bonchev–Trinajstić information content (AvgIpc) is 2.66. The smallest absolute Gasteiger partial charge is 0.321 e. The summed E-state index contributed by atoms with van der Waals surface area (Å²) in [7, 11) is 0. The fraction of sp³-hybridized carbons (Fsp3) is 0.588. The van der Waals surface area contributed by atoms with Gasteiger partial charge in [-0.2, -0.15) is 74.6 Å². The zero-order valence-electron chi connectivity index (χ0n) is 17.9. The summed E-state index contributed by atoms with van der Waals surface area (Å²) in [5.41, 5.74) is -0.734. The van der Waals surface area contributed by atoms with E-state index in [0.29, 0.717) is 11.6 Å². The Balaban J connectivity index is 3.65. The van der Waals surface area contributed by atoms with E-state index in [-0.39, 0.29) is 5.56 Å². The molecule has 4 nitrogen and oxygen atoms in total. The number of carbonyl (C=O) groups is 1. The van der Waals surface area contributed by atoms with Crippen LogP contribution in [-0.4, -0.2) is 54.3 Å². The first-order valence-electron chi connectivity index (χ1n) is 8.97. The summed E-state index contributed by atoms with van der Waals surface area (Å²) in [5.74, 6) is -26.2. The fourth-order valence-corrected chi connectivity index (χ4v) is 2.32. The molecule has 0 aliphatic heterocycles. The molecule has 1 N–H and O–H groups in total. The lowest BCUT2D eigenvalue weighted by atomic mass is 10.1. The third kappa shape index (κ3) is 5.86. The van der Waals surface area contributed by atoms with E-state index in [2.05, 4.69) is 0 Å². The van der Waals surface area contributed by atoms with Gasteiger partial charge in [-0.05, 0) is 25.5 Å². The molecule has 0 saturated carbocycles. The molecule has 0 bridgehead atoms. The standard InChI is InChI=1S/C17H10F17NO3/c1-6-3-4-8(7(2)5-6)35-9(36)10(18,13(22,23)24)37-17(33,34)12(21,15(28,29)30)38-16(31,32)11(19,20)14(25,26)27/h3-5H,1-2H3,(H,35,36)/t10-,12-/m1/s1. The monoisotopic (exact) mass is 599 g/mol. The van der Waals surface area contributed by atoms with Crippen molar-refractivity contribution in [2.75, 3.05) is 5.32 Å². The molecule has 0 saturated heterocycles. The molecule has 0 aliphatic carbocycles. The molecular formula is C17H10F17NO3. The maximum Gasteiger partial charge on any atom is 0.462 e. The van der Waals surface area contributed by atoms with Gasteiger partial charge in [0.2, 0.25) is 0 Å². The number of hydrogen-bond donors (Lipinski definition) is 1. The number of ether oxygens (including phenoxy) is 2. The lowest BCUT2D eigenvalue weighted by Crippen LogP contribution is -2.68. The van der Waals surface area contributed by atoms with E-state index >= 15 is 0 Å². The minimum Gasteiger partial charge on any atom is -0.321 e. The normalized spacial score (nSPS) is 17.6. The van der Waals surface area contributed by atoms with Crippen molar-refractivity contribution in [3.63, 3.8) is 0 Å². The third-order valence-corrected chi connectivity index (χ3v) is 4.28. The molecule has 1 aromatic rings. The van der Waals surface area contributed by atoms with Crippen LogP contribution in [0.25, 0.3) is 0 Å². The maximum atomic E-state index is 14.5. The molecule has 21 heteroatoms. The van der Waals surface area contributed by atoms with Crippen LogP contribution in [0.5, 0.6) is 0 Å². The maximum absolute atomic E-state index is 14.5. The minimum absolute atomic E-state index is 0.234.